The lowest BCUT2D eigenvalue weighted by molar-refractivity contribution is 0.363. The molecule has 0 amide bonds. The number of methoxy groups -OCH3 is 1. The molecule has 1 N–H and O–H groups in total. The first-order valence-electron chi connectivity index (χ1n) is 8.65. The van der Waals surface area contributed by atoms with E-state index in [9.17, 15) is 4.79 Å². The Kier molecular flexibility index (Phi) is 4.63. The number of H-pyrrole nitrogens is 1. The van der Waals surface area contributed by atoms with Gasteiger partial charge in [0.1, 0.15) is 35.5 Å². The number of hydrogen-bond acceptors (Lipinski definition) is 5. The van der Waals surface area contributed by atoms with Gasteiger partial charge in [-0.2, -0.15) is 9.78 Å². The van der Waals surface area contributed by atoms with E-state index in [0.717, 1.165) is 22.2 Å². The van der Waals surface area contributed by atoms with E-state index in [4.69, 9.17) is 9.47 Å². The van der Waals surface area contributed by atoms with Gasteiger partial charge in [0.05, 0.1) is 18.8 Å². The third-order valence-electron chi connectivity index (χ3n) is 4.28. The van der Waals surface area contributed by atoms with Crippen molar-refractivity contribution in [1.82, 2.24) is 14.6 Å². The zero-order valence-electron chi connectivity index (χ0n) is 15.3. The van der Waals surface area contributed by atoms with Gasteiger partial charge in [-0.25, -0.2) is 4.98 Å². The maximum absolute atomic E-state index is 12.8. The highest BCUT2D eigenvalue weighted by atomic mass is 16.5. The van der Waals surface area contributed by atoms with E-state index in [-0.39, 0.29) is 5.56 Å². The predicted octanol–water partition coefficient (Wildman–Crippen LogP) is 3.33. The summed E-state index contributed by atoms with van der Waals surface area (Å²) >= 11 is 0. The van der Waals surface area contributed by atoms with Crippen molar-refractivity contribution >= 4 is 28.2 Å². The Morgan fingerprint density at radius 1 is 1.21 bits per heavy atom. The van der Waals surface area contributed by atoms with Crippen molar-refractivity contribution in [1.29, 1.82) is 0 Å². The summed E-state index contributed by atoms with van der Waals surface area (Å²) in [5, 5.41) is 5.10. The van der Waals surface area contributed by atoms with E-state index in [1.54, 1.807) is 19.4 Å². The van der Waals surface area contributed by atoms with Crippen molar-refractivity contribution in [3.05, 3.63) is 77.4 Å². The Morgan fingerprint density at radius 3 is 2.75 bits per heavy atom. The largest absolute Gasteiger partial charge is 0.497 e. The lowest BCUT2D eigenvalue weighted by Crippen LogP contribution is -2.17. The Bertz CT molecular complexity index is 1240. The molecule has 2 aromatic carbocycles. The lowest BCUT2D eigenvalue weighted by atomic mass is 10.2. The summed E-state index contributed by atoms with van der Waals surface area (Å²) < 4.78 is 11.9. The fourth-order valence-corrected chi connectivity index (χ4v) is 2.87. The number of fused-ring (bicyclic) bond motifs is 3. The van der Waals surface area contributed by atoms with Crippen molar-refractivity contribution in [2.75, 3.05) is 13.7 Å². The van der Waals surface area contributed by atoms with Gasteiger partial charge in [0.2, 0.25) is 0 Å². The first-order chi connectivity index (χ1) is 13.7. The lowest BCUT2D eigenvalue weighted by Gasteiger charge is -2.02. The number of ether oxygens (including phenoxy) is 2. The van der Waals surface area contributed by atoms with Gasteiger partial charge in [0.25, 0.3) is 5.56 Å². The minimum atomic E-state index is -0.276. The van der Waals surface area contributed by atoms with Crippen molar-refractivity contribution in [3.63, 3.8) is 0 Å². The quantitative estimate of drug-likeness (QED) is 0.415. The third-order valence-corrected chi connectivity index (χ3v) is 4.28. The molecule has 0 spiro atoms. The second kappa shape index (κ2) is 7.40. The second-order valence-corrected chi connectivity index (χ2v) is 6.07. The van der Waals surface area contributed by atoms with Crippen molar-refractivity contribution in [2.45, 2.75) is 0 Å². The molecule has 0 bridgehead atoms. The van der Waals surface area contributed by atoms with Gasteiger partial charge >= 0.3 is 0 Å². The van der Waals surface area contributed by atoms with Crippen LogP contribution in [0.4, 0.5) is 0 Å². The highest BCUT2D eigenvalue weighted by molar-refractivity contribution is 6.04. The van der Waals surface area contributed by atoms with Crippen LogP contribution in [0, 0.1) is 0 Å². The van der Waals surface area contributed by atoms with Crippen LogP contribution in [0.25, 0.3) is 21.9 Å². The summed E-state index contributed by atoms with van der Waals surface area (Å²) in [5.74, 6) is 1.45. The normalized spacial score (nSPS) is 11.3. The predicted molar refractivity (Wildman–Crippen MR) is 110 cm³/mol. The standard InChI is InChI=1S/C21H18N4O3/c1-3-10-28-15-6-4-14(5-7-15)12-23-25-13-22-19-17-9-8-16(27-2)11-18(17)24-20(19)21(25)26/h3-9,11-13,24H,1,10H2,2H3/b23-12-. The van der Waals surface area contributed by atoms with Crippen LogP contribution >= 0.6 is 0 Å². The molecule has 0 aliphatic heterocycles. The molecule has 28 heavy (non-hydrogen) atoms. The first-order valence-corrected chi connectivity index (χ1v) is 8.65. The van der Waals surface area contributed by atoms with Gasteiger partial charge in [-0.3, -0.25) is 4.79 Å². The van der Waals surface area contributed by atoms with E-state index in [2.05, 4.69) is 21.6 Å². The van der Waals surface area contributed by atoms with Gasteiger partial charge in [0, 0.05) is 11.5 Å². The van der Waals surface area contributed by atoms with Crippen molar-refractivity contribution in [2.24, 2.45) is 5.10 Å². The molecule has 0 radical (unpaired) electrons. The zero-order valence-corrected chi connectivity index (χ0v) is 15.3. The van der Waals surface area contributed by atoms with Crippen LogP contribution in [0.2, 0.25) is 0 Å². The van der Waals surface area contributed by atoms with Crippen LogP contribution in [0.5, 0.6) is 11.5 Å². The highest BCUT2D eigenvalue weighted by Gasteiger charge is 2.11. The van der Waals surface area contributed by atoms with Crippen LogP contribution in [-0.2, 0) is 0 Å². The number of benzene rings is 2. The minimum absolute atomic E-state index is 0.276. The van der Waals surface area contributed by atoms with Gasteiger partial charge in [-0.15, -0.1) is 0 Å². The number of aromatic amines is 1. The molecule has 4 rings (SSSR count). The molecule has 7 heteroatoms. The molecule has 0 aliphatic carbocycles. The molecule has 4 aromatic rings. The van der Waals surface area contributed by atoms with Crippen LogP contribution in [-0.4, -0.2) is 34.6 Å². The Hall–Kier alpha value is -3.87. The van der Waals surface area contributed by atoms with Crippen molar-refractivity contribution < 1.29 is 9.47 Å². The van der Waals surface area contributed by atoms with Gasteiger partial charge in [0.15, 0.2) is 0 Å². The first kappa shape index (κ1) is 17.5. The molecule has 0 atom stereocenters. The van der Waals surface area contributed by atoms with Gasteiger partial charge in [-0.1, -0.05) is 12.7 Å². The molecule has 140 valence electrons. The maximum Gasteiger partial charge on any atom is 0.298 e. The minimum Gasteiger partial charge on any atom is -0.497 e. The fourth-order valence-electron chi connectivity index (χ4n) is 2.87. The number of nitrogens with zero attached hydrogens (tertiary/aromatic N) is 3. The Morgan fingerprint density at radius 2 is 2.00 bits per heavy atom. The van der Waals surface area contributed by atoms with Gasteiger partial charge in [-0.05, 0) is 42.0 Å². The molecule has 7 nitrogen and oxygen atoms in total. The smallest absolute Gasteiger partial charge is 0.298 e. The molecule has 0 aliphatic rings. The second-order valence-electron chi connectivity index (χ2n) is 6.07. The van der Waals surface area contributed by atoms with E-state index in [1.165, 1.54) is 11.0 Å². The summed E-state index contributed by atoms with van der Waals surface area (Å²) in [6.07, 6.45) is 4.70. The fraction of sp³-hybridized carbons (Fsp3) is 0.0952. The zero-order chi connectivity index (χ0) is 19.5. The molecular formula is C21H18N4O3. The number of aromatic nitrogens is 3. The average Bonchev–Trinajstić information content (AvgIpc) is 3.11. The Balaban J connectivity index is 1.66. The molecular weight excluding hydrogens is 356 g/mol. The topological polar surface area (TPSA) is 81.5 Å². The summed E-state index contributed by atoms with van der Waals surface area (Å²) in [6, 6.07) is 12.9. The molecule has 0 saturated heterocycles. The summed E-state index contributed by atoms with van der Waals surface area (Å²) in [6.45, 7) is 4.06. The van der Waals surface area contributed by atoms with Gasteiger partial charge < -0.3 is 14.5 Å². The van der Waals surface area contributed by atoms with E-state index in [1.807, 2.05) is 42.5 Å². The number of hydrogen-bond donors (Lipinski definition) is 1. The molecule has 2 aromatic heterocycles. The SMILES string of the molecule is C=CCOc1ccc(/C=N\n2cnc3c([nH]c4cc(OC)ccc43)c2=O)cc1. The molecule has 2 heterocycles. The monoisotopic (exact) mass is 374 g/mol. The highest BCUT2D eigenvalue weighted by Crippen LogP contribution is 2.25. The maximum atomic E-state index is 12.8. The van der Waals surface area contributed by atoms with Crippen molar-refractivity contribution in [3.8, 4) is 11.5 Å². The number of nitrogens with one attached hydrogen (secondary N) is 1. The van der Waals surface area contributed by atoms with E-state index in [0.29, 0.717) is 23.4 Å². The van der Waals surface area contributed by atoms with Crippen LogP contribution in [0.3, 0.4) is 0 Å². The molecule has 0 unspecified atom stereocenters. The average molecular weight is 374 g/mol. The van der Waals surface area contributed by atoms with Crippen LogP contribution in [0.15, 0.2) is 71.3 Å². The van der Waals surface area contributed by atoms with Crippen LogP contribution in [0.1, 0.15) is 5.56 Å². The van der Waals surface area contributed by atoms with E-state index >= 15 is 0 Å². The third kappa shape index (κ3) is 3.25. The summed E-state index contributed by atoms with van der Waals surface area (Å²) in [4.78, 5) is 20.3. The number of rotatable bonds is 6. The summed E-state index contributed by atoms with van der Waals surface area (Å²) in [5.41, 5.74) is 2.35. The summed E-state index contributed by atoms with van der Waals surface area (Å²) in [7, 11) is 1.60. The molecule has 0 fully saturated rings. The Labute approximate surface area is 160 Å². The van der Waals surface area contributed by atoms with Crippen LogP contribution < -0.4 is 15.0 Å². The van der Waals surface area contributed by atoms with E-state index < -0.39 is 0 Å². The molecule has 0 saturated carbocycles.